The van der Waals surface area contributed by atoms with Gasteiger partial charge in [0.1, 0.15) is 4.32 Å². The summed E-state index contributed by atoms with van der Waals surface area (Å²) in [5.41, 5.74) is 2.30. The third-order valence-electron chi connectivity index (χ3n) is 5.90. The standard InChI is InChI=1S/C25H25BrN2O2S2/c26-21-8-4-7-20(16-21)17-22-24(30)28(25(31)32-22)14-11-23(29)27-12-9-19(10-13-27)15-18-5-2-1-3-6-18/h1-8,16-17,19H,9-15H2. The number of thioether (sulfide) groups is 1. The lowest BCUT2D eigenvalue weighted by molar-refractivity contribution is -0.133. The summed E-state index contributed by atoms with van der Waals surface area (Å²) in [7, 11) is 0. The minimum atomic E-state index is -0.116. The molecule has 0 bridgehead atoms. The Morgan fingerprint density at radius 1 is 1.12 bits per heavy atom. The Balaban J connectivity index is 1.27. The van der Waals surface area contributed by atoms with E-state index in [4.69, 9.17) is 12.2 Å². The Morgan fingerprint density at radius 2 is 1.88 bits per heavy atom. The number of carbonyl (C=O) groups excluding carboxylic acids is 2. The molecule has 0 unspecified atom stereocenters. The van der Waals surface area contributed by atoms with Gasteiger partial charge in [0, 0.05) is 30.5 Å². The van der Waals surface area contributed by atoms with Gasteiger partial charge in [-0.15, -0.1) is 0 Å². The monoisotopic (exact) mass is 528 g/mol. The summed E-state index contributed by atoms with van der Waals surface area (Å²) in [5.74, 6) is 0.610. The fourth-order valence-corrected chi connectivity index (χ4v) is 5.87. The summed E-state index contributed by atoms with van der Waals surface area (Å²) in [6.07, 6.45) is 5.28. The van der Waals surface area contributed by atoms with Crippen LogP contribution in [0, 0.1) is 5.92 Å². The van der Waals surface area contributed by atoms with Crippen molar-refractivity contribution < 1.29 is 9.59 Å². The van der Waals surface area contributed by atoms with E-state index in [9.17, 15) is 9.59 Å². The number of hydrogen-bond acceptors (Lipinski definition) is 4. The zero-order valence-corrected chi connectivity index (χ0v) is 20.9. The Hall–Kier alpha value is -1.96. The molecule has 2 aliphatic heterocycles. The normalized spacial score (nSPS) is 18.6. The van der Waals surface area contributed by atoms with E-state index in [2.05, 4.69) is 40.2 Å². The molecule has 0 aromatic heterocycles. The number of carbonyl (C=O) groups is 2. The number of likely N-dealkylation sites (tertiary alicyclic amines) is 1. The maximum Gasteiger partial charge on any atom is 0.266 e. The second-order valence-corrected chi connectivity index (χ2v) is 10.7. The Labute approximate surface area is 207 Å². The van der Waals surface area contributed by atoms with Crippen molar-refractivity contribution in [1.29, 1.82) is 0 Å². The van der Waals surface area contributed by atoms with E-state index in [0.29, 0.717) is 28.1 Å². The van der Waals surface area contributed by atoms with Gasteiger partial charge in [-0.2, -0.15) is 0 Å². The van der Waals surface area contributed by atoms with E-state index < -0.39 is 0 Å². The number of halogens is 1. The highest BCUT2D eigenvalue weighted by atomic mass is 79.9. The molecule has 2 amide bonds. The van der Waals surface area contributed by atoms with Gasteiger partial charge in [0.2, 0.25) is 5.91 Å². The maximum atomic E-state index is 12.8. The SMILES string of the molecule is O=C(CCN1C(=O)C(=Cc2cccc(Br)c2)SC1=S)N1CCC(Cc2ccccc2)CC1. The van der Waals surface area contributed by atoms with Gasteiger partial charge in [-0.1, -0.05) is 82.4 Å². The first kappa shape index (κ1) is 23.2. The smallest absolute Gasteiger partial charge is 0.266 e. The van der Waals surface area contributed by atoms with Crippen LogP contribution in [0.25, 0.3) is 6.08 Å². The van der Waals surface area contributed by atoms with Crippen LogP contribution in [-0.2, 0) is 16.0 Å². The molecule has 4 rings (SSSR count). The van der Waals surface area contributed by atoms with Crippen molar-refractivity contribution in [3.63, 3.8) is 0 Å². The van der Waals surface area contributed by atoms with Crippen LogP contribution < -0.4 is 0 Å². The molecule has 0 N–H and O–H groups in total. The Kier molecular flexibility index (Phi) is 7.81. The van der Waals surface area contributed by atoms with Crippen molar-refractivity contribution in [2.45, 2.75) is 25.7 Å². The van der Waals surface area contributed by atoms with Crippen molar-refractivity contribution in [3.05, 3.63) is 75.1 Å². The first-order chi connectivity index (χ1) is 15.5. The molecule has 2 aromatic carbocycles. The highest BCUT2D eigenvalue weighted by Gasteiger charge is 2.33. The molecule has 4 nitrogen and oxygen atoms in total. The first-order valence-electron chi connectivity index (χ1n) is 10.8. The third-order valence-corrected chi connectivity index (χ3v) is 7.77. The molecule has 0 spiro atoms. The van der Waals surface area contributed by atoms with Gasteiger partial charge in [-0.05, 0) is 54.5 Å². The lowest BCUT2D eigenvalue weighted by Crippen LogP contribution is -2.41. The molecule has 2 fully saturated rings. The number of hydrogen-bond donors (Lipinski definition) is 0. The quantitative estimate of drug-likeness (QED) is 0.365. The fourth-order valence-electron chi connectivity index (χ4n) is 4.14. The van der Waals surface area contributed by atoms with Gasteiger partial charge >= 0.3 is 0 Å². The summed E-state index contributed by atoms with van der Waals surface area (Å²) < 4.78 is 1.48. The van der Waals surface area contributed by atoms with Crippen molar-refractivity contribution in [1.82, 2.24) is 9.80 Å². The van der Waals surface area contributed by atoms with E-state index in [-0.39, 0.29) is 11.8 Å². The van der Waals surface area contributed by atoms with E-state index in [1.807, 2.05) is 41.3 Å². The second kappa shape index (κ2) is 10.8. The maximum absolute atomic E-state index is 12.8. The van der Waals surface area contributed by atoms with Crippen LogP contribution in [0.5, 0.6) is 0 Å². The molecule has 166 valence electrons. The molecule has 0 radical (unpaired) electrons. The molecule has 2 aliphatic rings. The summed E-state index contributed by atoms with van der Waals surface area (Å²) in [4.78, 5) is 29.7. The van der Waals surface area contributed by atoms with Crippen molar-refractivity contribution in [2.75, 3.05) is 19.6 Å². The molecule has 2 saturated heterocycles. The zero-order chi connectivity index (χ0) is 22.5. The van der Waals surface area contributed by atoms with Gasteiger partial charge in [0.15, 0.2) is 0 Å². The topological polar surface area (TPSA) is 40.6 Å². The van der Waals surface area contributed by atoms with E-state index in [1.54, 1.807) is 4.90 Å². The molecule has 0 atom stereocenters. The molecule has 0 saturated carbocycles. The highest BCUT2D eigenvalue weighted by molar-refractivity contribution is 9.10. The van der Waals surface area contributed by atoms with E-state index in [0.717, 1.165) is 42.4 Å². The largest absolute Gasteiger partial charge is 0.343 e. The lowest BCUT2D eigenvalue weighted by atomic mass is 9.90. The molecule has 2 heterocycles. The average molecular weight is 530 g/mol. The molecule has 0 aliphatic carbocycles. The van der Waals surface area contributed by atoms with Crippen LogP contribution in [0.1, 0.15) is 30.4 Å². The van der Waals surface area contributed by atoms with Crippen LogP contribution in [-0.4, -0.2) is 45.6 Å². The van der Waals surface area contributed by atoms with Crippen molar-refractivity contribution >= 4 is 62.1 Å². The van der Waals surface area contributed by atoms with E-state index >= 15 is 0 Å². The minimum absolute atomic E-state index is 0.105. The Bertz CT molecular complexity index is 1030. The zero-order valence-electron chi connectivity index (χ0n) is 17.7. The average Bonchev–Trinajstić information content (AvgIpc) is 3.05. The lowest BCUT2D eigenvalue weighted by Gasteiger charge is -2.32. The van der Waals surface area contributed by atoms with Crippen LogP contribution in [0.2, 0.25) is 0 Å². The van der Waals surface area contributed by atoms with Crippen molar-refractivity contribution in [2.24, 2.45) is 5.92 Å². The molecule has 2 aromatic rings. The summed E-state index contributed by atoms with van der Waals surface area (Å²) >= 11 is 10.2. The molecular formula is C25H25BrN2O2S2. The predicted octanol–water partition coefficient (Wildman–Crippen LogP) is 5.52. The Morgan fingerprint density at radius 3 is 2.59 bits per heavy atom. The number of rotatable bonds is 6. The fraction of sp³-hybridized carbons (Fsp3) is 0.320. The van der Waals surface area contributed by atoms with Gasteiger partial charge in [0.05, 0.1) is 4.91 Å². The van der Waals surface area contributed by atoms with Crippen LogP contribution >= 0.6 is 39.9 Å². The second-order valence-electron chi connectivity index (χ2n) is 8.15. The van der Waals surface area contributed by atoms with Gasteiger partial charge in [0.25, 0.3) is 5.91 Å². The number of benzene rings is 2. The molecule has 7 heteroatoms. The summed E-state index contributed by atoms with van der Waals surface area (Å²) in [5, 5.41) is 0. The van der Waals surface area contributed by atoms with Crippen LogP contribution in [0.4, 0.5) is 0 Å². The molecular weight excluding hydrogens is 504 g/mol. The number of amides is 2. The third kappa shape index (κ3) is 5.88. The van der Waals surface area contributed by atoms with Crippen molar-refractivity contribution in [3.8, 4) is 0 Å². The first-order valence-corrected chi connectivity index (χ1v) is 12.8. The van der Waals surface area contributed by atoms with E-state index in [1.165, 1.54) is 17.3 Å². The van der Waals surface area contributed by atoms with Gasteiger partial charge < -0.3 is 4.90 Å². The predicted molar refractivity (Wildman–Crippen MR) is 138 cm³/mol. The number of thiocarbonyl (C=S) groups is 1. The minimum Gasteiger partial charge on any atom is -0.343 e. The number of nitrogens with zero attached hydrogens (tertiary/aromatic N) is 2. The summed E-state index contributed by atoms with van der Waals surface area (Å²) in [6, 6.07) is 18.3. The van der Waals surface area contributed by atoms with Gasteiger partial charge in [-0.25, -0.2) is 0 Å². The molecule has 32 heavy (non-hydrogen) atoms. The highest BCUT2D eigenvalue weighted by Crippen LogP contribution is 2.33. The number of piperidine rings is 1. The summed E-state index contributed by atoms with van der Waals surface area (Å²) in [6.45, 7) is 1.91. The van der Waals surface area contributed by atoms with Crippen LogP contribution in [0.15, 0.2) is 64.0 Å². The van der Waals surface area contributed by atoms with Crippen LogP contribution in [0.3, 0.4) is 0 Å². The van der Waals surface area contributed by atoms with Gasteiger partial charge in [-0.3, -0.25) is 14.5 Å².